The summed E-state index contributed by atoms with van der Waals surface area (Å²) in [5.74, 6) is -0.137. The van der Waals surface area contributed by atoms with Crippen molar-refractivity contribution in [2.75, 3.05) is 7.11 Å². The minimum absolute atomic E-state index is 0.00686. The van der Waals surface area contributed by atoms with E-state index in [1.165, 1.54) is 6.92 Å². The quantitative estimate of drug-likeness (QED) is 0.451. The second-order valence-corrected chi connectivity index (χ2v) is 7.79. The first kappa shape index (κ1) is 21.8. The van der Waals surface area contributed by atoms with Crippen molar-refractivity contribution in [3.05, 3.63) is 105 Å². The van der Waals surface area contributed by atoms with Gasteiger partial charge in [-0.3, -0.25) is 14.2 Å². The molecular weight excluding hydrogens is 416 g/mol. The number of pyridine rings is 1. The molecule has 0 aliphatic heterocycles. The van der Waals surface area contributed by atoms with Crippen LogP contribution in [0.1, 0.15) is 32.6 Å². The molecule has 0 aliphatic carbocycles. The fourth-order valence-corrected chi connectivity index (χ4v) is 4.05. The smallest absolute Gasteiger partial charge is 0.271 e. The van der Waals surface area contributed by atoms with Crippen molar-refractivity contribution in [3.63, 3.8) is 0 Å². The largest absolute Gasteiger partial charge is 0.497 e. The van der Waals surface area contributed by atoms with E-state index in [1.807, 2.05) is 48.5 Å². The number of rotatable bonds is 6. The lowest BCUT2D eigenvalue weighted by atomic mass is 9.94. The monoisotopic (exact) mass is 438 g/mol. The Morgan fingerprint density at radius 3 is 2.45 bits per heavy atom. The lowest BCUT2D eigenvalue weighted by Crippen LogP contribution is -2.27. The van der Waals surface area contributed by atoms with E-state index in [0.717, 1.165) is 20.9 Å². The Labute approximate surface area is 190 Å². The highest BCUT2D eigenvalue weighted by Crippen LogP contribution is 2.27. The predicted octanol–water partition coefficient (Wildman–Crippen LogP) is 4.37. The van der Waals surface area contributed by atoms with Crippen LogP contribution in [0, 0.1) is 18.3 Å². The molecule has 164 valence electrons. The van der Waals surface area contributed by atoms with Crippen LogP contribution in [-0.4, -0.2) is 22.6 Å². The zero-order valence-corrected chi connectivity index (χ0v) is 18.3. The summed E-state index contributed by atoms with van der Waals surface area (Å²) >= 11 is 0. The minimum atomic E-state index is -0.634. The number of nitriles is 1. The number of methoxy groups -OCH3 is 1. The lowest BCUT2D eigenvalue weighted by Gasteiger charge is -2.16. The van der Waals surface area contributed by atoms with Crippen LogP contribution < -0.4 is 10.3 Å². The molecule has 4 rings (SSSR count). The molecule has 6 nitrogen and oxygen atoms in total. The average molecular weight is 438 g/mol. The van der Waals surface area contributed by atoms with Crippen LogP contribution in [0.3, 0.4) is 0 Å². The van der Waals surface area contributed by atoms with Crippen molar-refractivity contribution in [2.45, 2.75) is 19.9 Å². The summed E-state index contributed by atoms with van der Waals surface area (Å²) < 4.78 is 6.22. The van der Waals surface area contributed by atoms with Gasteiger partial charge >= 0.3 is 0 Å². The van der Waals surface area contributed by atoms with E-state index in [9.17, 15) is 20.0 Å². The van der Waals surface area contributed by atoms with E-state index in [2.05, 4.69) is 0 Å². The van der Waals surface area contributed by atoms with E-state index < -0.39 is 11.4 Å². The fourth-order valence-electron chi connectivity index (χ4n) is 4.05. The van der Waals surface area contributed by atoms with Crippen LogP contribution in [0.25, 0.3) is 10.8 Å². The Morgan fingerprint density at radius 2 is 1.76 bits per heavy atom. The molecule has 1 aromatic heterocycles. The Hall–Kier alpha value is -4.37. The molecule has 0 radical (unpaired) electrons. The molecule has 1 heterocycles. The van der Waals surface area contributed by atoms with Crippen molar-refractivity contribution < 1.29 is 14.6 Å². The number of carbonyl (C=O) groups excluding carboxylic acids is 1. The topological polar surface area (TPSA) is 92.3 Å². The Balaban J connectivity index is 1.78. The van der Waals surface area contributed by atoms with Crippen LogP contribution in [0.2, 0.25) is 0 Å². The van der Waals surface area contributed by atoms with Gasteiger partial charge in [0.15, 0.2) is 5.78 Å². The van der Waals surface area contributed by atoms with Gasteiger partial charge < -0.3 is 9.84 Å². The number of hydrogen-bond acceptors (Lipinski definition) is 5. The molecule has 0 fully saturated rings. The van der Waals surface area contributed by atoms with E-state index in [-0.39, 0.29) is 35.4 Å². The Kier molecular flexibility index (Phi) is 5.97. The van der Waals surface area contributed by atoms with Crippen LogP contribution in [-0.2, 0) is 13.0 Å². The first-order valence-electron chi connectivity index (χ1n) is 10.4. The molecule has 0 atom stereocenters. The molecule has 0 bridgehead atoms. The van der Waals surface area contributed by atoms with Crippen molar-refractivity contribution in [2.24, 2.45) is 0 Å². The Bertz CT molecular complexity index is 1460. The zero-order valence-electron chi connectivity index (χ0n) is 18.3. The summed E-state index contributed by atoms with van der Waals surface area (Å²) in [6.07, 6.45) is 0.0291. The van der Waals surface area contributed by atoms with Crippen molar-refractivity contribution in [3.8, 4) is 17.7 Å². The number of carbonyl (C=O) groups is 1. The van der Waals surface area contributed by atoms with Gasteiger partial charge in [0.25, 0.3) is 5.56 Å². The number of hydrogen-bond donors (Lipinski definition) is 1. The lowest BCUT2D eigenvalue weighted by molar-refractivity contribution is 0.0988. The predicted molar refractivity (Wildman–Crippen MR) is 126 cm³/mol. The van der Waals surface area contributed by atoms with E-state index in [4.69, 9.17) is 4.74 Å². The van der Waals surface area contributed by atoms with Gasteiger partial charge in [-0.2, -0.15) is 5.26 Å². The molecular formula is C27H22N2O4. The maximum atomic E-state index is 13.4. The molecule has 6 heteroatoms. The second-order valence-electron chi connectivity index (χ2n) is 7.79. The number of ether oxygens (including phenoxy) is 1. The van der Waals surface area contributed by atoms with Gasteiger partial charge in [-0.15, -0.1) is 0 Å². The van der Waals surface area contributed by atoms with E-state index in [1.54, 1.807) is 31.4 Å². The minimum Gasteiger partial charge on any atom is -0.497 e. The summed E-state index contributed by atoms with van der Waals surface area (Å²) in [4.78, 5) is 26.3. The number of aromatic hydroxyl groups is 1. The number of Topliss-reactive ketones (excluding diaryl/α,β-unsaturated/α-hetero) is 1. The second kappa shape index (κ2) is 9.01. The van der Waals surface area contributed by atoms with Gasteiger partial charge in [0.2, 0.25) is 5.88 Å². The summed E-state index contributed by atoms with van der Waals surface area (Å²) in [5, 5.41) is 22.6. The SMILES string of the molecule is COc1ccc(Cn2c(O)c(C(=O)Cc3cccc4ccccc34)c(C)c(C#N)c2=O)cc1. The summed E-state index contributed by atoms with van der Waals surface area (Å²) in [5.41, 5.74) is 0.924. The zero-order chi connectivity index (χ0) is 23.5. The van der Waals surface area contributed by atoms with Gasteiger partial charge in [-0.25, -0.2) is 0 Å². The molecule has 0 amide bonds. The van der Waals surface area contributed by atoms with Crippen LogP contribution >= 0.6 is 0 Å². The van der Waals surface area contributed by atoms with Gasteiger partial charge in [0.1, 0.15) is 17.4 Å². The number of aromatic nitrogens is 1. The van der Waals surface area contributed by atoms with Crippen molar-refractivity contribution in [1.82, 2.24) is 4.57 Å². The highest BCUT2D eigenvalue weighted by molar-refractivity contribution is 6.03. The van der Waals surface area contributed by atoms with Crippen LogP contribution in [0.15, 0.2) is 71.5 Å². The highest BCUT2D eigenvalue weighted by Gasteiger charge is 2.24. The van der Waals surface area contributed by atoms with Gasteiger partial charge in [0, 0.05) is 6.42 Å². The molecule has 4 aromatic rings. The molecule has 0 aliphatic rings. The van der Waals surface area contributed by atoms with Gasteiger partial charge in [-0.05, 0) is 46.5 Å². The summed E-state index contributed by atoms with van der Waals surface area (Å²) in [6.45, 7) is 1.53. The molecule has 1 N–H and O–H groups in total. The summed E-state index contributed by atoms with van der Waals surface area (Å²) in [7, 11) is 1.55. The third kappa shape index (κ3) is 4.09. The molecule has 0 unspecified atom stereocenters. The maximum absolute atomic E-state index is 13.4. The van der Waals surface area contributed by atoms with Gasteiger partial charge in [-0.1, -0.05) is 54.6 Å². The first-order chi connectivity index (χ1) is 15.9. The molecule has 0 spiro atoms. The number of benzene rings is 3. The standard InChI is InChI=1S/C27H22N2O4/c1-17-23(15-28)26(31)29(16-18-10-12-21(33-2)13-11-18)27(32)25(17)24(30)14-20-8-5-7-19-6-3-4-9-22(19)20/h3-13,32H,14,16H2,1-2H3. The third-order valence-corrected chi connectivity index (χ3v) is 5.81. The normalized spacial score (nSPS) is 10.7. The molecule has 0 saturated heterocycles. The van der Waals surface area contributed by atoms with E-state index in [0.29, 0.717) is 11.3 Å². The van der Waals surface area contributed by atoms with E-state index >= 15 is 0 Å². The van der Waals surface area contributed by atoms with Crippen molar-refractivity contribution in [1.29, 1.82) is 5.26 Å². The molecule has 33 heavy (non-hydrogen) atoms. The van der Waals surface area contributed by atoms with Gasteiger partial charge in [0.05, 0.1) is 19.2 Å². The fraction of sp³-hybridized carbons (Fsp3) is 0.148. The summed E-state index contributed by atoms with van der Waals surface area (Å²) in [6, 6.07) is 22.4. The first-order valence-corrected chi connectivity index (χ1v) is 10.4. The average Bonchev–Trinajstić information content (AvgIpc) is 2.83. The molecule has 3 aromatic carbocycles. The highest BCUT2D eigenvalue weighted by atomic mass is 16.5. The number of fused-ring (bicyclic) bond motifs is 1. The third-order valence-electron chi connectivity index (χ3n) is 5.81. The van der Waals surface area contributed by atoms with Crippen LogP contribution in [0.4, 0.5) is 0 Å². The van der Waals surface area contributed by atoms with Crippen molar-refractivity contribution >= 4 is 16.6 Å². The maximum Gasteiger partial charge on any atom is 0.271 e. The number of ketones is 1. The van der Waals surface area contributed by atoms with Crippen LogP contribution in [0.5, 0.6) is 11.6 Å². The number of nitrogens with zero attached hydrogens (tertiary/aromatic N) is 2. The Morgan fingerprint density at radius 1 is 1.06 bits per heavy atom. The molecule has 0 saturated carbocycles.